The Hall–Kier alpha value is -1.46. The molecule has 0 fully saturated rings. The molecule has 2 nitrogen and oxygen atoms in total. The van der Waals surface area contributed by atoms with E-state index in [9.17, 15) is 4.39 Å². The van der Waals surface area contributed by atoms with E-state index >= 15 is 0 Å². The Bertz CT molecular complexity index is 623. The molecule has 0 bridgehead atoms. The van der Waals surface area contributed by atoms with Crippen LogP contribution in [0.25, 0.3) is 0 Å². The van der Waals surface area contributed by atoms with Crippen molar-refractivity contribution < 1.29 is 4.39 Å². The molecular formula is C14H12BrFN2S. The number of thiocarbonyl (C=S) groups is 1. The van der Waals surface area contributed by atoms with E-state index in [-0.39, 0.29) is 10.6 Å². The van der Waals surface area contributed by atoms with Gasteiger partial charge in [0.2, 0.25) is 0 Å². The number of aryl methyl sites for hydroxylation is 1. The molecule has 0 heterocycles. The van der Waals surface area contributed by atoms with Gasteiger partial charge in [-0.05, 0) is 42.8 Å². The average Bonchev–Trinajstić information content (AvgIpc) is 2.26. The van der Waals surface area contributed by atoms with Crippen molar-refractivity contribution in [2.75, 3.05) is 5.32 Å². The van der Waals surface area contributed by atoms with Crippen molar-refractivity contribution in [2.45, 2.75) is 6.92 Å². The van der Waals surface area contributed by atoms with Gasteiger partial charge in [0.15, 0.2) is 0 Å². The summed E-state index contributed by atoms with van der Waals surface area (Å²) < 4.78 is 14.7. The highest BCUT2D eigenvalue weighted by atomic mass is 79.9. The monoisotopic (exact) mass is 338 g/mol. The number of nitrogens with two attached hydrogens (primary N) is 1. The predicted molar refractivity (Wildman–Crippen MR) is 84.4 cm³/mol. The molecule has 0 aliphatic heterocycles. The summed E-state index contributed by atoms with van der Waals surface area (Å²) in [6.07, 6.45) is 0. The van der Waals surface area contributed by atoms with Crippen molar-refractivity contribution in [3.05, 3.63) is 57.8 Å². The van der Waals surface area contributed by atoms with E-state index in [1.54, 1.807) is 12.1 Å². The molecule has 0 aromatic heterocycles. The van der Waals surface area contributed by atoms with Gasteiger partial charge in [-0.3, -0.25) is 0 Å². The second kappa shape index (κ2) is 5.67. The maximum absolute atomic E-state index is 13.7. The van der Waals surface area contributed by atoms with Crippen LogP contribution in [-0.4, -0.2) is 4.99 Å². The Morgan fingerprint density at radius 3 is 2.68 bits per heavy atom. The summed E-state index contributed by atoms with van der Waals surface area (Å²) in [7, 11) is 0. The van der Waals surface area contributed by atoms with Crippen molar-refractivity contribution in [3.8, 4) is 0 Å². The normalized spacial score (nSPS) is 10.3. The van der Waals surface area contributed by atoms with Crippen LogP contribution in [0.3, 0.4) is 0 Å². The summed E-state index contributed by atoms with van der Waals surface area (Å²) in [4.78, 5) is 0.0346. The molecule has 0 unspecified atom stereocenters. The molecular weight excluding hydrogens is 327 g/mol. The van der Waals surface area contributed by atoms with Gasteiger partial charge >= 0.3 is 0 Å². The quantitative estimate of drug-likeness (QED) is 0.820. The summed E-state index contributed by atoms with van der Waals surface area (Å²) in [5.74, 6) is -0.427. The van der Waals surface area contributed by atoms with Crippen LogP contribution in [-0.2, 0) is 0 Å². The van der Waals surface area contributed by atoms with E-state index < -0.39 is 5.82 Å². The minimum absolute atomic E-state index is 0.0346. The molecule has 2 rings (SSSR count). The fraction of sp³-hybridized carbons (Fsp3) is 0.0714. The third-order valence-corrected chi connectivity index (χ3v) is 3.24. The molecule has 0 aliphatic rings. The first-order valence-electron chi connectivity index (χ1n) is 5.60. The highest BCUT2D eigenvalue weighted by Gasteiger charge is 2.11. The van der Waals surface area contributed by atoms with Crippen molar-refractivity contribution in [2.24, 2.45) is 5.73 Å². The molecule has 0 atom stereocenters. The molecule has 98 valence electrons. The number of benzene rings is 2. The van der Waals surface area contributed by atoms with Crippen LogP contribution in [0, 0.1) is 12.7 Å². The van der Waals surface area contributed by atoms with Gasteiger partial charge in [-0.15, -0.1) is 0 Å². The van der Waals surface area contributed by atoms with E-state index in [0.29, 0.717) is 5.69 Å². The van der Waals surface area contributed by atoms with Gasteiger partial charge in [0.1, 0.15) is 10.8 Å². The lowest BCUT2D eigenvalue weighted by molar-refractivity contribution is 0.626. The van der Waals surface area contributed by atoms with Gasteiger partial charge < -0.3 is 11.1 Å². The van der Waals surface area contributed by atoms with Crippen molar-refractivity contribution in [1.29, 1.82) is 0 Å². The smallest absolute Gasteiger partial charge is 0.135 e. The molecule has 0 saturated heterocycles. The van der Waals surface area contributed by atoms with Crippen LogP contribution >= 0.6 is 28.1 Å². The summed E-state index contributed by atoms with van der Waals surface area (Å²) >= 11 is 8.32. The van der Waals surface area contributed by atoms with Crippen molar-refractivity contribution in [1.82, 2.24) is 0 Å². The number of hydrogen-bond donors (Lipinski definition) is 2. The molecule has 2 aromatic carbocycles. The zero-order valence-electron chi connectivity index (χ0n) is 10.2. The lowest BCUT2D eigenvalue weighted by Crippen LogP contribution is -2.14. The van der Waals surface area contributed by atoms with E-state index in [1.165, 1.54) is 6.07 Å². The van der Waals surface area contributed by atoms with E-state index in [1.807, 2.05) is 25.1 Å². The number of anilines is 2. The van der Waals surface area contributed by atoms with Crippen LogP contribution < -0.4 is 11.1 Å². The largest absolute Gasteiger partial charge is 0.389 e. The average molecular weight is 339 g/mol. The summed E-state index contributed by atoms with van der Waals surface area (Å²) in [6.45, 7) is 1.98. The molecule has 3 N–H and O–H groups in total. The van der Waals surface area contributed by atoms with E-state index in [0.717, 1.165) is 15.7 Å². The minimum atomic E-state index is -0.427. The van der Waals surface area contributed by atoms with Crippen molar-refractivity contribution in [3.63, 3.8) is 0 Å². The summed E-state index contributed by atoms with van der Waals surface area (Å²) in [6, 6.07) is 10.6. The third-order valence-electron chi connectivity index (χ3n) is 2.58. The lowest BCUT2D eigenvalue weighted by atomic mass is 10.1. The fourth-order valence-electron chi connectivity index (χ4n) is 1.84. The van der Waals surface area contributed by atoms with Gasteiger partial charge in [-0.25, -0.2) is 4.39 Å². The van der Waals surface area contributed by atoms with Crippen molar-refractivity contribution >= 4 is 44.5 Å². The third kappa shape index (κ3) is 3.30. The Kier molecular flexibility index (Phi) is 4.17. The fourth-order valence-corrected chi connectivity index (χ4v) is 2.66. The highest BCUT2D eigenvalue weighted by Crippen LogP contribution is 2.26. The van der Waals surface area contributed by atoms with Gasteiger partial charge in [-0.2, -0.15) is 0 Å². The summed E-state index contributed by atoms with van der Waals surface area (Å²) in [5, 5.41) is 3.14. The van der Waals surface area contributed by atoms with E-state index in [4.69, 9.17) is 18.0 Å². The standard InChI is InChI=1S/C14H12BrFN2S/c1-8-5-9(15)7-10(6-8)18-12-4-2-3-11(16)13(12)14(17)19/h2-7,18H,1H3,(H2,17,19). The van der Waals surface area contributed by atoms with Gasteiger partial charge in [0, 0.05) is 10.2 Å². The molecule has 0 radical (unpaired) electrons. The second-order valence-corrected chi connectivity index (χ2v) is 5.52. The van der Waals surface area contributed by atoms with Crippen LogP contribution in [0.5, 0.6) is 0 Å². The molecule has 0 amide bonds. The predicted octanol–water partition coefficient (Wildman–Crippen LogP) is 4.27. The molecule has 0 saturated carbocycles. The molecule has 2 aromatic rings. The van der Waals surface area contributed by atoms with Crippen LogP contribution in [0.15, 0.2) is 40.9 Å². The first-order valence-corrected chi connectivity index (χ1v) is 6.80. The molecule has 19 heavy (non-hydrogen) atoms. The Balaban J connectivity index is 2.43. The number of halogens is 2. The number of nitrogens with one attached hydrogen (secondary N) is 1. The second-order valence-electron chi connectivity index (χ2n) is 4.17. The maximum Gasteiger partial charge on any atom is 0.135 e. The zero-order valence-corrected chi connectivity index (χ0v) is 12.6. The van der Waals surface area contributed by atoms with Gasteiger partial charge in [0.05, 0.1) is 11.3 Å². The van der Waals surface area contributed by atoms with Gasteiger partial charge in [0.25, 0.3) is 0 Å². The SMILES string of the molecule is Cc1cc(Br)cc(Nc2cccc(F)c2C(N)=S)c1. The van der Waals surface area contributed by atoms with Crippen LogP contribution in [0.1, 0.15) is 11.1 Å². The first kappa shape index (κ1) is 14.0. The van der Waals surface area contributed by atoms with E-state index in [2.05, 4.69) is 21.2 Å². The summed E-state index contributed by atoms with van der Waals surface area (Å²) in [5.41, 5.74) is 8.29. The zero-order chi connectivity index (χ0) is 14.0. The molecule has 5 heteroatoms. The number of rotatable bonds is 3. The Labute approximate surface area is 124 Å². The first-order chi connectivity index (χ1) is 8.97. The van der Waals surface area contributed by atoms with Crippen LogP contribution in [0.2, 0.25) is 0 Å². The Morgan fingerprint density at radius 1 is 1.32 bits per heavy atom. The topological polar surface area (TPSA) is 38.0 Å². The minimum Gasteiger partial charge on any atom is -0.389 e. The van der Waals surface area contributed by atoms with Crippen LogP contribution in [0.4, 0.5) is 15.8 Å². The molecule has 0 spiro atoms. The Morgan fingerprint density at radius 2 is 2.05 bits per heavy atom. The highest BCUT2D eigenvalue weighted by molar-refractivity contribution is 9.10. The lowest BCUT2D eigenvalue weighted by Gasteiger charge is -2.12. The van der Waals surface area contributed by atoms with Gasteiger partial charge in [-0.1, -0.05) is 34.2 Å². The number of hydrogen-bond acceptors (Lipinski definition) is 2. The molecule has 0 aliphatic carbocycles. The maximum atomic E-state index is 13.7.